The van der Waals surface area contributed by atoms with Crippen LogP contribution >= 0.6 is 0 Å². The molecule has 62 valence electrons. The second-order valence-electron chi connectivity index (χ2n) is 3.02. The van der Waals surface area contributed by atoms with E-state index in [4.69, 9.17) is 10.2 Å². The molecule has 0 aliphatic heterocycles. The second kappa shape index (κ2) is 3.91. The van der Waals surface area contributed by atoms with Gasteiger partial charge in [-0.2, -0.15) is 0 Å². The van der Waals surface area contributed by atoms with E-state index in [0.717, 1.165) is 0 Å². The zero-order valence-electron chi connectivity index (χ0n) is 6.54. The lowest BCUT2D eigenvalue weighted by Gasteiger charge is -2.23. The topological polar surface area (TPSA) is 60.7 Å². The highest BCUT2D eigenvalue weighted by atomic mass is 16.3. The predicted octanol–water partition coefficient (Wildman–Crippen LogP) is -0.109. The number of aliphatic hydroxyl groups excluding tert-OH is 2. The van der Waals surface area contributed by atoms with Crippen LogP contribution < -0.4 is 0 Å². The van der Waals surface area contributed by atoms with E-state index in [-0.39, 0.29) is 6.61 Å². The van der Waals surface area contributed by atoms with Crippen LogP contribution in [-0.2, 0) is 0 Å². The molecule has 0 rings (SSSR count). The third-order valence-electron chi connectivity index (χ3n) is 1.39. The maximum Gasteiger partial charge on any atom is 0.0666 e. The van der Waals surface area contributed by atoms with Gasteiger partial charge < -0.3 is 15.3 Å². The van der Waals surface area contributed by atoms with Crippen LogP contribution in [0.3, 0.4) is 0 Å². The lowest BCUT2D eigenvalue weighted by molar-refractivity contribution is -0.00821. The zero-order valence-corrected chi connectivity index (χ0v) is 6.54. The van der Waals surface area contributed by atoms with Crippen molar-refractivity contribution in [3.63, 3.8) is 0 Å². The van der Waals surface area contributed by atoms with Gasteiger partial charge in [-0.05, 0) is 20.3 Å². The first kappa shape index (κ1) is 9.88. The summed E-state index contributed by atoms with van der Waals surface area (Å²) >= 11 is 0. The van der Waals surface area contributed by atoms with Gasteiger partial charge in [-0.1, -0.05) is 0 Å². The first-order valence-corrected chi connectivity index (χ1v) is 3.49. The van der Waals surface area contributed by atoms with Crippen molar-refractivity contribution in [1.82, 2.24) is 0 Å². The molecule has 0 fully saturated rings. The Kier molecular flexibility index (Phi) is 3.86. The predicted molar refractivity (Wildman–Crippen MR) is 38.6 cm³/mol. The van der Waals surface area contributed by atoms with Crippen LogP contribution in [0.2, 0.25) is 0 Å². The van der Waals surface area contributed by atoms with Crippen LogP contribution in [0.5, 0.6) is 0 Å². The van der Waals surface area contributed by atoms with Crippen LogP contribution in [0.1, 0.15) is 26.7 Å². The average molecular weight is 148 g/mol. The molecule has 3 nitrogen and oxygen atoms in total. The molecule has 0 aromatic carbocycles. The Bertz CT molecular complexity index is 88.9. The summed E-state index contributed by atoms with van der Waals surface area (Å²) in [4.78, 5) is 0. The van der Waals surface area contributed by atoms with Crippen molar-refractivity contribution in [2.24, 2.45) is 0 Å². The highest BCUT2D eigenvalue weighted by Crippen LogP contribution is 2.15. The largest absolute Gasteiger partial charge is 0.396 e. The van der Waals surface area contributed by atoms with Crippen LogP contribution in [0.4, 0.5) is 0 Å². The van der Waals surface area contributed by atoms with Crippen molar-refractivity contribution in [3.05, 3.63) is 0 Å². The van der Waals surface area contributed by atoms with Crippen molar-refractivity contribution < 1.29 is 15.3 Å². The first-order valence-electron chi connectivity index (χ1n) is 3.49. The van der Waals surface area contributed by atoms with Crippen molar-refractivity contribution in [1.29, 1.82) is 0 Å². The van der Waals surface area contributed by atoms with Gasteiger partial charge in [0.25, 0.3) is 0 Å². The quantitative estimate of drug-likeness (QED) is 0.521. The summed E-state index contributed by atoms with van der Waals surface area (Å²) in [5.74, 6) is 0. The highest BCUT2D eigenvalue weighted by molar-refractivity contribution is 4.73. The molecule has 2 atom stereocenters. The van der Waals surface area contributed by atoms with Gasteiger partial charge in [0.2, 0.25) is 0 Å². The molecule has 0 heterocycles. The lowest BCUT2D eigenvalue weighted by Crippen LogP contribution is -2.29. The van der Waals surface area contributed by atoms with E-state index in [2.05, 4.69) is 0 Å². The third kappa shape index (κ3) is 4.73. The molecule has 10 heavy (non-hydrogen) atoms. The van der Waals surface area contributed by atoms with E-state index in [1.807, 2.05) is 0 Å². The molecule has 0 spiro atoms. The first-order chi connectivity index (χ1) is 4.48. The summed E-state index contributed by atoms with van der Waals surface area (Å²) in [5, 5.41) is 26.7. The molecule has 0 radical (unpaired) electrons. The Balaban J connectivity index is 3.63. The van der Waals surface area contributed by atoms with Gasteiger partial charge in [0.15, 0.2) is 0 Å². The van der Waals surface area contributed by atoms with E-state index in [9.17, 15) is 5.11 Å². The van der Waals surface area contributed by atoms with E-state index in [0.29, 0.717) is 12.8 Å². The molecule has 2 unspecified atom stereocenters. The summed E-state index contributed by atoms with van der Waals surface area (Å²) in [5.41, 5.74) is -0.928. The Hall–Kier alpha value is -0.120. The molecule has 0 aromatic rings. The summed E-state index contributed by atoms with van der Waals surface area (Å²) in [6, 6.07) is 0. The van der Waals surface area contributed by atoms with Gasteiger partial charge in [0, 0.05) is 13.0 Å². The van der Waals surface area contributed by atoms with Crippen LogP contribution in [0.25, 0.3) is 0 Å². The van der Waals surface area contributed by atoms with E-state index in [1.54, 1.807) is 13.8 Å². The molecule has 0 aromatic heterocycles. The monoisotopic (exact) mass is 148 g/mol. The molecule has 3 N–H and O–H groups in total. The molecule has 0 saturated heterocycles. The Morgan fingerprint density at radius 2 is 2.00 bits per heavy atom. The SMILES string of the molecule is CC(O)CC(C)(O)CCO. The normalized spacial score (nSPS) is 20.1. The standard InChI is InChI=1S/C7H16O3/c1-6(9)5-7(2,10)3-4-8/h6,8-10H,3-5H2,1-2H3. The highest BCUT2D eigenvalue weighted by Gasteiger charge is 2.21. The molecular formula is C7H16O3. The van der Waals surface area contributed by atoms with Gasteiger partial charge in [0.1, 0.15) is 0 Å². The van der Waals surface area contributed by atoms with Crippen molar-refractivity contribution in [3.8, 4) is 0 Å². The molecule has 0 aliphatic carbocycles. The van der Waals surface area contributed by atoms with Crippen LogP contribution in [0.15, 0.2) is 0 Å². The molecule has 0 bridgehead atoms. The van der Waals surface area contributed by atoms with Gasteiger partial charge in [-0.3, -0.25) is 0 Å². The minimum atomic E-state index is -0.928. The molecule has 0 saturated carbocycles. The van der Waals surface area contributed by atoms with E-state index >= 15 is 0 Å². The van der Waals surface area contributed by atoms with E-state index in [1.165, 1.54) is 0 Å². The van der Waals surface area contributed by atoms with E-state index < -0.39 is 11.7 Å². The lowest BCUT2D eigenvalue weighted by atomic mass is 9.96. The Morgan fingerprint density at radius 1 is 1.50 bits per heavy atom. The molecule has 3 heteroatoms. The summed E-state index contributed by atoms with van der Waals surface area (Å²) in [6.07, 6.45) is 0.118. The Morgan fingerprint density at radius 3 is 2.30 bits per heavy atom. The summed E-state index contributed by atoms with van der Waals surface area (Å²) in [6.45, 7) is 3.18. The second-order valence-corrected chi connectivity index (χ2v) is 3.02. The van der Waals surface area contributed by atoms with Gasteiger partial charge in [0.05, 0.1) is 11.7 Å². The number of rotatable bonds is 4. The Labute approximate surface area is 61.3 Å². The zero-order chi connectivity index (χ0) is 8.20. The van der Waals surface area contributed by atoms with Crippen molar-refractivity contribution >= 4 is 0 Å². The van der Waals surface area contributed by atoms with Gasteiger partial charge in [-0.25, -0.2) is 0 Å². The van der Waals surface area contributed by atoms with Crippen LogP contribution in [-0.4, -0.2) is 33.6 Å². The average Bonchev–Trinajstić information content (AvgIpc) is 1.59. The number of hydrogen-bond acceptors (Lipinski definition) is 3. The minimum absolute atomic E-state index is 0.0419. The fourth-order valence-corrected chi connectivity index (χ4v) is 0.979. The molecule has 0 amide bonds. The number of hydrogen-bond donors (Lipinski definition) is 3. The molecular weight excluding hydrogens is 132 g/mol. The fourth-order valence-electron chi connectivity index (χ4n) is 0.979. The fraction of sp³-hybridized carbons (Fsp3) is 1.00. The third-order valence-corrected chi connectivity index (χ3v) is 1.39. The maximum absolute atomic E-state index is 9.36. The smallest absolute Gasteiger partial charge is 0.0666 e. The van der Waals surface area contributed by atoms with Crippen LogP contribution in [0, 0.1) is 0 Å². The maximum atomic E-state index is 9.36. The van der Waals surface area contributed by atoms with Crippen molar-refractivity contribution in [2.45, 2.75) is 38.4 Å². The summed E-state index contributed by atoms with van der Waals surface area (Å²) < 4.78 is 0. The number of aliphatic hydroxyl groups is 3. The minimum Gasteiger partial charge on any atom is -0.396 e. The van der Waals surface area contributed by atoms with Gasteiger partial charge >= 0.3 is 0 Å². The summed E-state index contributed by atoms with van der Waals surface area (Å²) in [7, 11) is 0. The van der Waals surface area contributed by atoms with Gasteiger partial charge in [-0.15, -0.1) is 0 Å². The molecule has 0 aliphatic rings. The van der Waals surface area contributed by atoms with Crippen molar-refractivity contribution in [2.75, 3.05) is 6.61 Å².